The third-order valence-electron chi connectivity index (χ3n) is 2.52. The van der Waals surface area contributed by atoms with Crippen molar-refractivity contribution in [3.05, 3.63) is 28.2 Å². The maximum Gasteiger partial charge on any atom is 0.162 e. The molecular formula is C10H13BrFNO. The summed E-state index contributed by atoms with van der Waals surface area (Å²) in [6.45, 7) is 3.66. The summed E-state index contributed by atoms with van der Waals surface area (Å²) >= 11 is 3.00. The fraction of sp³-hybridized carbons (Fsp3) is 0.500. The van der Waals surface area contributed by atoms with Crippen molar-refractivity contribution in [2.45, 2.75) is 32.3 Å². The van der Waals surface area contributed by atoms with Crippen molar-refractivity contribution >= 4 is 15.9 Å². The summed E-state index contributed by atoms with van der Waals surface area (Å²) in [5.41, 5.74) is -0.778. The quantitative estimate of drug-likeness (QED) is 0.849. The number of halogens is 2. The summed E-state index contributed by atoms with van der Waals surface area (Å²) in [5, 5.41) is 10.1. The van der Waals surface area contributed by atoms with E-state index in [2.05, 4.69) is 20.9 Å². The highest BCUT2D eigenvalue weighted by Crippen LogP contribution is 2.32. The van der Waals surface area contributed by atoms with Crippen LogP contribution in [0.15, 0.2) is 16.9 Å². The average molecular weight is 262 g/mol. The normalized spacial score (nSPS) is 11.8. The molecule has 1 rings (SSSR count). The Balaban J connectivity index is 3.24. The van der Waals surface area contributed by atoms with Crippen molar-refractivity contribution in [2.24, 2.45) is 0 Å². The van der Waals surface area contributed by atoms with Gasteiger partial charge in [0.2, 0.25) is 0 Å². The molecule has 0 aliphatic rings. The van der Waals surface area contributed by atoms with Gasteiger partial charge in [0.25, 0.3) is 0 Å². The van der Waals surface area contributed by atoms with Gasteiger partial charge in [0.1, 0.15) is 4.60 Å². The Bertz CT molecular complexity index is 326. The summed E-state index contributed by atoms with van der Waals surface area (Å²) < 4.78 is 13.8. The minimum Gasteiger partial charge on any atom is -0.385 e. The molecule has 0 bridgehead atoms. The molecule has 0 amide bonds. The van der Waals surface area contributed by atoms with E-state index in [1.54, 1.807) is 0 Å². The maximum atomic E-state index is 13.6. The molecule has 2 nitrogen and oxygen atoms in total. The standard InChI is InChI=1S/C10H13BrFNO/c1-3-10(14,4-2)7-5-6-13-9(11)8(7)12/h5-6,14H,3-4H2,1-2H3. The van der Waals surface area contributed by atoms with Crippen molar-refractivity contribution in [1.82, 2.24) is 4.98 Å². The van der Waals surface area contributed by atoms with Crippen LogP contribution in [0.3, 0.4) is 0 Å². The molecule has 0 radical (unpaired) electrons. The molecule has 1 aromatic heterocycles. The van der Waals surface area contributed by atoms with Crippen LogP contribution in [0.1, 0.15) is 32.3 Å². The Hall–Kier alpha value is -0.480. The Morgan fingerprint density at radius 1 is 1.50 bits per heavy atom. The van der Waals surface area contributed by atoms with Crippen molar-refractivity contribution in [3.63, 3.8) is 0 Å². The molecular weight excluding hydrogens is 249 g/mol. The highest BCUT2D eigenvalue weighted by molar-refractivity contribution is 9.10. The average Bonchev–Trinajstić information content (AvgIpc) is 2.21. The molecule has 0 saturated heterocycles. The predicted octanol–water partition coefficient (Wildman–Crippen LogP) is 2.99. The molecule has 78 valence electrons. The molecule has 1 heterocycles. The first-order valence-electron chi connectivity index (χ1n) is 4.58. The molecule has 1 N–H and O–H groups in total. The van der Waals surface area contributed by atoms with Crippen molar-refractivity contribution < 1.29 is 9.50 Å². The van der Waals surface area contributed by atoms with Crippen LogP contribution in [-0.4, -0.2) is 10.1 Å². The maximum absolute atomic E-state index is 13.6. The number of aliphatic hydroxyl groups is 1. The number of nitrogens with zero attached hydrogens (tertiary/aromatic N) is 1. The van der Waals surface area contributed by atoms with Gasteiger partial charge in [0, 0.05) is 11.8 Å². The van der Waals surface area contributed by atoms with Crippen LogP contribution in [0.25, 0.3) is 0 Å². The zero-order chi connectivity index (χ0) is 10.8. The van der Waals surface area contributed by atoms with Crippen molar-refractivity contribution in [3.8, 4) is 0 Å². The number of aromatic nitrogens is 1. The molecule has 14 heavy (non-hydrogen) atoms. The summed E-state index contributed by atoms with van der Waals surface area (Å²) in [7, 11) is 0. The van der Waals surface area contributed by atoms with Gasteiger partial charge in [-0.05, 0) is 34.8 Å². The van der Waals surface area contributed by atoms with E-state index >= 15 is 0 Å². The van der Waals surface area contributed by atoms with Crippen LogP contribution in [0.5, 0.6) is 0 Å². The SMILES string of the molecule is CCC(O)(CC)c1ccnc(Br)c1F. The van der Waals surface area contributed by atoms with Gasteiger partial charge in [-0.25, -0.2) is 9.37 Å². The second-order valence-corrected chi connectivity index (χ2v) is 3.95. The molecule has 0 spiro atoms. The molecule has 0 fully saturated rings. The van der Waals surface area contributed by atoms with E-state index in [4.69, 9.17) is 0 Å². The lowest BCUT2D eigenvalue weighted by molar-refractivity contribution is 0.0246. The Kier molecular flexibility index (Phi) is 3.61. The van der Waals surface area contributed by atoms with Crippen LogP contribution < -0.4 is 0 Å². The fourth-order valence-electron chi connectivity index (χ4n) is 1.41. The summed E-state index contributed by atoms with van der Waals surface area (Å²) in [6.07, 6.45) is 2.45. The Labute approximate surface area is 91.3 Å². The molecule has 0 aromatic carbocycles. The van der Waals surface area contributed by atoms with Crippen LogP contribution >= 0.6 is 15.9 Å². The molecule has 0 aliphatic heterocycles. The summed E-state index contributed by atoms with van der Waals surface area (Å²) in [5.74, 6) is -0.473. The van der Waals surface area contributed by atoms with Gasteiger partial charge < -0.3 is 5.11 Å². The van der Waals surface area contributed by atoms with Crippen LogP contribution in [0, 0.1) is 5.82 Å². The van der Waals surface area contributed by atoms with Gasteiger partial charge in [-0.15, -0.1) is 0 Å². The minimum absolute atomic E-state index is 0.148. The van der Waals surface area contributed by atoms with E-state index < -0.39 is 11.4 Å². The second-order valence-electron chi connectivity index (χ2n) is 3.20. The second kappa shape index (κ2) is 4.36. The monoisotopic (exact) mass is 261 g/mol. The van der Waals surface area contributed by atoms with Crippen molar-refractivity contribution in [2.75, 3.05) is 0 Å². The van der Waals surface area contributed by atoms with E-state index in [0.29, 0.717) is 18.4 Å². The van der Waals surface area contributed by atoms with E-state index in [1.807, 2.05) is 13.8 Å². The first-order chi connectivity index (χ1) is 6.55. The molecule has 0 saturated carbocycles. The Morgan fingerprint density at radius 3 is 2.57 bits per heavy atom. The highest BCUT2D eigenvalue weighted by atomic mass is 79.9. The van der Waals surface area contributed by atoms with E-state index in [-0.39, 0.29) is 4.60 Å². The van der Waals surface area contributed by atoms with Crippen LogP contribution in [-0.2, 0) is 5.60 Å². The zero-order valence-electron chi connectivity index (χ0n) is 8.22. The summed E-state index contributed by atoms with van der Waals surface area (Å²) in [4.78, 5) is 3.75. The van der Waals surface area contributed by atoms with Crippen molar-refractivity contribution in [1.29, 1.82) is 0 Å². The minimum atomic E-state index is -1.09. The lowest BCUT2D eigenvalue weighted by Gasteiger charge is -2.26. The van der Waals surface area contributed by atoms with Gasteiger partial charge in [0.05, 0.1) is 5.60 Å². The van der Waals surface area contributed by atoms with Gasteiger partial charge in [-0.1, -0.05) is 13.8 Å². The molecule has 0 atom stereocenters. The first kappa shape index (κ1) is 11.6. The smallest absolute Gasteiger partial charge is 0.162 e. The third kappa shape index (κ3) is 1.96. The fourth-order valence-corrected chi connectivity index (χ4v) is 1.74. The van der Waals surface area contributed by atoms with Crippen LogP contribution in [0.2, 0.25) is 0 Å². The van der Waals surface area contributed by atoms with Gasteiger partial charge in [-0.2, -0.15) is 0 Å². The summed E-state index contributed by atoms with van der Waals surface area (Å²) in [6, 6.07) is 1.52. The number of hydrogen-bond acceptors (Lipinski definition) is 2. The molecule has 1 aromatic rings. The zero-order valence-corrected chi connectivity index (χ0v) is 9.81. The van der Waals surface area contributed by atoms with Gasteiger partial charge >= 0.3 is 0 Å². The highest BCUT2D eigenvalue weighted by Gasteiger charge is 2.29. The Morgan fingerprint density at radius 2 is 2.07 bits per heavy atom. The molecule has 4 heteroatoms. The van der Waals surface area contributed by atoms with E-state index in [9.17, 15) is 9.50 Å². The third-order valence-corrected chi connectivity index (χ3v) is 3.07. The number of rotatable bonds is 3. The van der Waals surface area contributed by atoms with Gasteiger partial charge in [-0.3, -0.25) is 0 Å². The molecule has 0 aliphatic carbocycles. The van der Waals surface area contributed by atoms with E-state index in [0.717, 1.165) is 0 Å². The molecule has 0 unspecified atom stereocenters. The predicted molar refractivity (Wildman–Crippen MR) is 56.4 cm³/mol. The number of hydrogen-bond donors (Lipinski definition) is 1. The van der Waals surface area contributed by atoms with Crippen LogP contribution in [0.4, 0.5) is 4.39 Å². The van der Waals surface area contributed by atoms with E-state index in [1.165, 1.54) is 12.3 Å². The lowest BCUT2D eigenvalue weighted by Crippen LogP contribution is -2.25. The topological polar surface area (TPSA) is 33.1 Å². The van der Waals surface area contributed by atoms with Gasteiger partial charge in [0.15, 0.2) is 5.82 Å². The largest absolute Gasteiger partial charge is 0.385 e. The lowest BCUT2D eigenvalue weighted by atomic mass is 9.89. The first-order valence-corrected chi connectivity index (χ1v) is 5.37. The number of pyridine rings is 1.